The molecule has 2 fully saturated rings. The van der Waals surface area contributed by atoms with Crippen LogP contribution in [0.4, 0.5) is 4.79 Å². The van der Waals surface area contributed by atoms with Crippen molar-refractivity contribution in [1.29, 1.82) is 0 Å². The number of amides is 2. The smallest absolute Gasteiger partial charge is 0.321 e. The molecule has 7 nitrogen and oxygen atoms in total. The van der Waals surface area contributed by atoms with Gasteiger partial charge in [-0.05, 0) is 32.9 Å². The average Bonchev–Trinajstić information content (AvgIpc) is 2.96. The number of morpholine rings is 1. The summed E-state index contributed by atoms with van der Waals surface area (Å²) >= 11 is 0. The van der Waals surface area contributed by atoms with E-state index in [1.165, 1.54) is 4.31 Å². The molecule has 3 rings (SSSR count). The summed E-state index contributed by atoms with van der Waals surface area (Å²) in [6.07, 6.45) is -0.546. The number of ether oxygens (including phenoxy) is 1. The van der Waals surface area contributed by atoms with Crippen molar-refractivity contribution in [3.63, 3.8) is 0 Å². The molecule has 1 aromatic carbocycles. The maximum atomic E-state index is 12.9. The second kappa shape index (κ2) is 6.93. The molecule has 0 radical (unpaired) electrons. The highest BCUT2D eigenvalue weighted by Crippen LogP contribution is 2.25. The highest BCUT2D eigenvalue weighted by atomic mass is 32.2. The number of sulfonamides is 1. The molecule has 2 aliphatic rings. The lowest BCUT2D eigenvalue weighted by Crippen LogP contribution is -2.54. The molecule has 2 aliphatic heterocycles. The lowest BCUT2D eigenvalue weighted by Gasteiger charge is -2.38. The fourth-order valence-corrected chi connectivity index (χ4v) is 5.16. The highest BCUT2D eigenvalue weighted by molar-refractivity contribution is 7.89. The van der Waals surface area contributed by atoms with Crippen molar-refractivity contribution in [2.24, 2.45) is 0 Å². The fraction of sp³-hybridized carbons (Fsp3) is 0.588. The van der Waals surface area contributed by atoms with Crippen molar-refractivity contribution >= 4 is 16.1 Å². The third-order valence-electron chi connectivity index (χ3n) is 4.71. The second-order valence-corrected chi connectivity index (χ2v) is 8.59. The zero-order valence-corrected chi connectivity index (χ0v) is 15.6. The van der Waals surface area contributed by atoms with Crippen LogP contribution in [0, 0.1) is 0 Å². The van der Waals surface area contributed by atoms with Crippen molar-refractivity contribution < 1.29 is 17.9 Å². The van der Waals surface area contributed by atoms with Crippen molar-refractivity contribution in [1.82, 2.24) is 14.1 Å². The SMILES string of the molecule is C[C@@H]1CN(C(=O)N2CCN(S(=O)(=O)c3ccccc3)[C@H]2C)C[C@H](C)O1. The van der Waals surface area contributed by atoms with E-state index in [1.807, 2.05) is 13.8 Å². The maximum absolute atomic E-state index is 12.9. The third kappa shape index (κ3) is 3.51. The summed E-state index contributed by atoms with van der Waals surface area (Å²) in [5.41, 5.74) is 0. The molecule has 2 saturated heterocycles. The minimum Gasteiger partial charge on any atom is -0.372 e. The molecular formula is C17H25N3O4S. The van der Waals surface area contributed by atoms with Crippen LogP contribution in [-0.4, -0.2) is 73.1 Å². The van der Waals surface area contributed by atoms with E-state index in [1.54, 1.807) is 47.1 Å². The Morgan fingerprint density at radius 1 is 1.04 bits per heavy atom. The predicted molar refractivity (Wildman–Crippen MR) is 93.5 cm³/mol. The first-order valence-corrected chi connectivity index (χ1v) is 10.0. The number of hydrogen-bond acceptors (Lipinski definition) is 4. The molecule has 0 aromatic heterocycles. The zero-order chi connectivity index (χ0) is 18.2. The predicted octanol–water partition coefficient (Wildman–Crippen LogP) is 1.57. The molecular weight excluding hydrogens is 342 g/mol. The number of rotatable bonds is 2. The van der Waals surface area contributed by atoms with Crippen molar-refractivity contribution in [3.8, 4) is 0 Å². The van der Waals surface area contributed by atoms with Crippen LogP contribution in [0.15, 0.2) is 35.2 Å². The van der Waals surface area contributed by atoms with E-state index < -0.39 is 16.2 Å². The van der Waals surface area contributed by atoms with Gasteiger partial charge in [0, 0.05) is 26.2 Å². The minimum absolute atomic E-state index is 0.0187. The summed E-state index contributed by atoms with van der Waals surface area (Å²) in [7, 11) is -3.61. The molecule has 25 heavy (non-hydrogen) atoms. The van der Waals surface area contributed by atoms with Crippen molar-refractivity contribution in [3.05, 3.63) is 30.3 Å². The number of carbonyl (C=O) groups is 1. The molecule has 0 aliphatic carbocycles. The maximum Gasteiger partial charge on any atom is 0.321 e. The summed E-state index contributed by atoms with van der Waals surface area (Å²) in [5, 5.41) is 0. The second-order valence-electron chi connectivity index (χ2n) is 6.70. The van der Waals surface area contributed by atoms with Gasteiger partial charge in [0.25, 0.3) is 0 Å². The number of carbonyl (C=O) groups excluding carboxylic acids is 1. The van der Waals surface area contributed by atoms with Gasteiger partial charge in [0.15, 0.2) is 0 Å². The lowest BCUT2D eigenvalue weighted by atomic mass is 10.2. The monoisotopic (exact) mass is 367 g/mol. The summed E-state index contributed by atoms with van der Waals surface area (Å²) in [4.78, 5) is 16.5. The van der Waals surface area contributed by atoms with E-state index in [0.29, 0.717) is 26.2 Å². The fourth-order valence-electron chi connectivity index (χ4n) is 3.56. The van der Waals surface area contributed by atoms with E-state index in [4.69, 9.17) is 4.74 Å². The van der Waals surface area contributed by atoms with Gasteiger partial charge in [-0.15, -0.1) is 0 Å². The number of benzene rings is 1. The van der Waals surface area contributed by atoms with E-state index >= 15 is 0 Å². The van der Waals surface area contributed by atoms with Gasteiger partial charge in [-0.25, -0.2) is 13.2 Å². The molecule has 0 N–H and O–H groups in total. The molecule has 3 atom stereocenters. The summed E-state index contributed by atoms with van der Waals surface area (Å²) in [5.74, 6) is 0. The van der Waals surface area contributed by atoms with Gasteiger partial charge >= 0.3 is 6.03 Å². The number of hydrogen-bond donors (Lipinski definition) is 0. The Labute approximate surface area is 149 Å². The third-order valence-corrected chi connectivity index (χ3v) is 6.69. The first-order chi connectivity index (χ1) is 11.8. The van der Waals surface area contributed by atoms with E-state index in [0.717, 1.165) is 0 Å². The Balaban J connectivity index is 1.75. The zero-order valence-electron chi connectivity index (χ0n) is 14.8. The van der Waals surface area contributed by atoms with Crippen LogP contribution < -0.4 is 0 Å². The van der Waals surface area contributed by atoms with Crippen LogP contribution in [0.1, 0.15) is 20.8 Å². The van der Waals surface area contributed by atoms with Crippen LogP contribution in [0.5, 0.6) is 0 Å². The van der Waals surface area contributed by atoms with Gasteiger partial charge in [-0.1, -0.05) is 18.2 Å². The van der Waals surface area contributed by atoms with Crippen molar-refractivity contribution in [2.45, 2.75) is 44.0 Å². The molecule has 1 aromatic rings. The Kier molecular flexibility index (Phi) is 5.04. The molecule has 2 heterocycles. The Morgan fingerprint density at radius 2 is 1.64 bits per heavy atom. The number of nitrogens with zero attached hydrogens (tertiary/aromatic N) is 3. The van der Waals surface area contributed by atoms with Gasteiger partial charge in [0.1, 0.15) is 0 Å². The summed E-state index contributed by atoms with van der Waals surface area (Å²) < 4.78 is 32.8. The van der Waals surface area contributed by atoms with E-state index in [-0.39, 0.29) is 23.1 Å². The highest BCUT2D eigenvalue weighted by Gasteiger charge is 2.41. The molecule has 138 valence electrons. The molecule has 0 bridgehead atoms. The van der Waals surface area contributed by atoms with Gasteiger partial charge in [-0.3, -0.25) is 0 Å². The standard InChI is InChI=1S/C17H25N3O4S/c1-13-11-18(12-14(2)24-13)17(21)19-9-10-20(15(19)3)25(22,23)16-7-5-4-6-8-16/h4-8,13-15H,9-12H2,1-3H3/t13-,14+,15-/m0/s1. The summed E-state index contributed by atoms with van der Waals surface area (Å²) in [6.45, 7) is 7.39. The largest absolute Gasteiger partial charge is 0.372 e. The van der Waals surface area contributed by atoms with Crippen LogP contribution in [-0.2, 0) is 14.8 Å². The topological polar surface area (TPSA) is 70.2 Å². The van der Waals surface area contributed by atoms with Gasteiger partial charge in [-0.2, -0.15) is 4.31 Å². The Morgan fingerprint density at radius 3 is 2.24 bits per heavy atom. The minimum atomic E-state index is -3.61. The van der Waals surface area contributed by atoms with E-state index in [9.17, 15) is 13.2 Å². The normalized spacial score (nSPS) is 28.4. The van der Waals surface area contributed by atoms with Crippen LogP contribution in [0.3, 0.4) is 0 Å². The Hall–Kier alpha value is -1.64. The van der Waals surface area contributed by atoms with Gasteiger partial charge in [0.05, 0.1) is 23.3 Å². The molecule has 0 spiro atoms. The summed E-state index contributed by atoms with van der Waals surface area (Å²) in [6, 6.07) is 8.22. The molecule has 2 amide bonds. The average molecular weight is 367 g/mol. The Bertz CT molecular complexity index is 715. The number of urea groups is 1. The van der Waals surface area contributed by atoms with E-state index in [2.05, 4.69) is 0 Å². The van der Waals surface area contributed by atoms with Gasteiger partial charge < -0.3 is 14.5 Å². The van der Waals surface area contributed by atoms with Gasteiger partial charge in [0.2, 0.25) is 10.0 Å². The lowest BCUT2D eigenvalue weighted by molar-refractivity contribution is -0.0588. The first kappa shape index (κ1) is 18.2. The molecule has 0 saturated carbocycles. The molecule has 0 unspecified atom stereocenters. The quantitative estimate of drug-likeness (QED) is 0.796. The first-order valence-electron chi connectivity index (χ1n) is 8.58. The van der Waals surface area contributed by atoms with Crippen molar-refractivity contribution in [2.75, 3.05) is 26.2 Å². The van der Waals surface area contributed by atoms with Crippen LogP contribution >= 0.6 is 0 Å². The van der Waals surface area contributed by atoms with Crippen LogP contribution in [0.2, 0.25) is 0 Å². The van der Waals surface area contributed by atoms with Crippen LogP contribution in [0.25, 0.3) is 0 Å². The molecule has 8 heteroatoms.